The van der Waals surface area contributed by atoms with Crippen LogP contribution in [0.5, 0.6) is 0 Å². The zero-order valence-electron chi connectivity index (χ0n) is 6.50. The van der Waals surface area contributed by atoms with E-state index in [9.17, 15) is 0 Å². The Morgan fingerprint density at radius 2 is 0.750 bits per heavy atom. The van der Waals surface area contributed by atoms with Gasteiger partial charge in [0, 0.05) is 0 Å². The molecule has 4 heavy (non-hydrogen) atoms. The van der Waals surface area contributed by atoms with E-state index in [2.05, 4.69) is 0 Å². The Kier molecular flexibility index (Phi) is 118. The van der Waals surface area contributed by atoms with E-state index < -0.39 is 0 Å². The Bertz CT molecular complexity index is 10.1. The minimum absolute atomic E-state index is 0. The maximum Gasteiger partial charge on any atom is 1.00 e. The molecule has 0 aliphatic carbocycles. The Labute approximate surface area is 96.5 Å². The zero-order chi connectivity index (χ0) is 0. The molecular formula is H5Na3O. The Hall–Kier alpha value is 2.96. The van der Waals surface area contributed by atoms with Gasteiger partial charge in [-0.25, -0.2) is 0 Å². The molecule has 0 amide bonds. The van der Waals surface area contributed by atoms with Crippen LogP contribution in [0, 0.1) is 0 Å². The fourth-order valence-corrected chi connectivity index (χ4v) is 0. The molecule has 0 aliphatic heterocycles. The third kappa shape index (κ3) is 8.88. The summed E-state index contributed by atoms with van der Waals surface area (Å²) in [6.45, 7) is 0. The molecule has 4 heteroatoms. The van der Waals surface area contributed by atoms with Crippen molar-refractivity contribution in [1.29, 1.82) is 0 Å². The van der Waals surface area contributed by atoms with Crippen LogP contribution in [-0.2, 0) is 0 Å². The molecule has 0 aromatic carbocycles. The summed E-state index contributed by atoms with van der Waals surface area (Å²) in [5.74, 6) is 0. The molecule has 14 valence electrons. The van der Waals surface area contributed by atoms with E-state index in [-0.39, 0.29) is 98.4 Å². The van der Waals surface area contributed by atoms with Crippen molar-refractivity contribution in [2.24, 2.45) is 0 Å². The Balaban J connectivity index is 0. The summed E-state index contributed by atoms with van der Waals surface area (Å²) < 4.78 is 0. The fourth-order valence-electron chi connectivity index (χ4n) is 0. The molecule has 0 saturated heterocycles. The smallest absolute Gasteiger partial charge is 1.00 e. The van der Waals surface area contributed by atoms with Gasteiger partial charge in [-0.1, -0.05) is 0 Å². The van der Waals surface area contributed by atoms with Crippen LogP contribution in [0.2, 0.25) is 0 Å². The van der Waals surface area contributed by atoms with Crippen LogP contribution >= 0.6 is 0 Å². The molecule has 0 aromatic heterocycles. The van der Waals surface area contributed by atoms with Crippen LogP contribution in [-0.4, -0.2) is 5.48 Å². The average Bonchev–Trinajstić information content (AvgIpc) is 0. The largest absolute Gasteiger partial charge is 1.00 e. The first kappa shape index (κ1) is 28.2. The van der Waals surface area contributed by atoms with Crippen molar-refractivity contribution in [3.8, 4) is 0 Å². The molecule has 0 atom stereocenters. The number of hydrogen-bond donors (Lipinski definition) is 0. The number of hydrogen-bond acceptors (Lipinski definition) is 0. The molecule has 0 aromatic rings. The van der Waals surface area contributed by atoms with Crippen molar-refractivity contribution in [1.82, 2.24) is 0 Å². The van der Waals surface area contributed by atoms with Crippen LogP contribution in [0.4, 0.5) is 0 Å². The topological polar surface area (TPSA) is 31.5 Å². The van der Waals surface area contributed by atoms with Crippen molar-refractivity contribution < 1.29 is 98.4 Å². The van der Waals surface area contributed by atoms with Crippen LogP contribution in [0.15, 0.2) is 0 Å². The molecule has 0 radical (unpaired) electrons. The molecule has 0 heterocycles. The van der Waals surface area contributed by atoms with Gasteiger partial charge in [0.15, 0.2) is 0 Å². The van der Waals surface area contributed by atoms with Gasteiger partial charge in [-0.05, 0) is 0 Å². The molecule has 0 bridgehead atoms. The second-order valence-electron chi connectivity index (χ2n) is 0. The van der Waals surface area contributed by atoms with Gasteiger partial charge in [-0.15, -0.1) is 0 Å². The molecule has 0 saturated carbocycles. The molecule has 0 fully saturated rings. The van der Waals surface area contributed by atoms with Gasteiger partial charge < -0.3 is 9.76 Å². The van der Waals surface area contributed by atoms with Crippen molar-refractivity contribution in [2.75, 3.05) is 0 Å². The SMILES string of the molecule is O.[H-].[H-].[H-].[Na+].[Na+].[Na+]. The van der Waals surface area contributed by atoms with Gasteiger partial charge in [0.2, 0.25) is 0 Å². The van der Waals surface area contributed by atoms with E-state index in [0.717, 1.165) is 0 Å². The van der Waals surface area contributed by atoms with Crippen LogP contribution in [0.1, 0.15) is 4.28 Å². The van der Waals surface area contributed by atoms with Crippen molar-refractivity contribution in [3.05, 3.63) is 0 Å². The molecular weight excluding hydrogens is 85.0 g/mol. The second kappa shape index (κ2) is 16.7. The first-order chi connectivity index (χ1) is 0. The van der Waals surface area contributed by atoms with Crippen molar-refractivity contribution in [2.45, 2.75) is 0 Å². The van der Waals surface area contributed by atoms with Gasteiger partial charge in [-0.2, -0.15) is 0 Å². The maximum atomic E-state index is 0. The quantitative estimate of drug-likeness (QED) is 0.264. The molecule has 0 aliphatic rings. The summed E-state index contributed by atoms with van der Waals surface area (Å²) in [6.07, 6.45) is 0. The molecule has 1 nitrogen and oxygen atoms in total. The normalized spacial score (nSPS) is 0. The van der Waals surface area contributed by atoms with Crippen LogP contribution < -0.4 is 88.7 Å². The van der Waals surface area contributed by atoms with Gasteiger partial charge in [0.05, 0.1) is 0 Å². The Morgan fingerprint density at radius 1 is 0.750 bits per heavy atom. The third-order valence-electron chi connectivity index (χ3n) is 0. The van der Waals surface area contributed by atoms with Crippen molar-refractivity contribution >= 4 is 0 Å². The van der Waals surface area contributed by atoms with E-state index in [1.165, 1.54) is 0 Å². The van der Waals surface area contributed by atoms with Crippen molar-refractivity contribution in [3.63, 3.8) is 0 Å². The summed E-state index contributed by atoms with van der Waals surface area (Å²) >= 11 is 0. The van der Waals surface area contributed by atoms with Gasteiger partial charge in [0.1, 0.15) is 0 Å². The minimum Gasteiger partial charge on any atom is -1.00 e. The van der Waals surface area contributed by atoms with E-state index in [1.807, 2.05) is 0 Å². The Morgan fingerprint density at radius 3 is 0.750 bits per heavy atom. The first-order valence-electron chi connectivity index (χ1n) is 0. The van der Waals surface area contributed by atoms with Gasteiger partial charge in [-0.3, -0.25) is 0 Å². The third-order valence-corrected chi connectivity index (χ3v) is 0. The molecule has 0 rings (SSSR count). The second-order valence-corrected chi connectivity index (χ2v) is 0. The maximum absolute atomic E-state index is 0. The number of rotatable bonds is 0. The average molecular weight is 90.0 g/mol. The standard InChI is InChI=1S/3Na.H2O.3H/h;;;1H2;;;/q3*+1;;3*-1. The monoisotopic (exact) mass is 90.0 g/mol. The zero-order valence-corrected chi connectivity index (χ0v) is 9.50. The summed E-state index contributed by atoms with van der Waals surface area (Å²) in [7, 11) is 0. The van der Waals surface area contributed by atoms with Gasteiger partial charge >= 0.3 is 88.7 Å². The van der Waals surface area contributed by atoms with Crippen LogP contribution in [0.3, 0.4) is 0 Å². The van der Waals surface area contributed by atoms with E-state index in [4.69, 9.17) is 0 Å². The predicted molar refractivity (Wildman–Crippen MR) is 6.95 cm³/mol. The summed E-state index contributed by atoms with van der Waals surface area (Å²) in [5.41, 5.74) is 0. The molecule has 2 N–H and O–H groups in total. The van der Waals surface area contributed by atoms with E-state index in [0.29, 0.717) is 0 Å². The fraction of sp³-hybridized carbons (Fsp3) is 0. The summed E-state index contributed by atoms with van der Waals surface area (Å²) in [6, 6.07) is 0. The van der Waals surface area contributed by atoms with Gasteiger partial charge in [0.25, 0.3) is 0 Å². The van der Waals surface area contributed by atoms with Crippen LogP contribution in [0.25, 0.3) is 0 Å². The summed E-state index contributed by atoms with van der Waals surface area (Å²) in [5, 5.41) is 0. The van der Waals surface area contributed by atoms with E-state index in [1.54, 1.807) is 0 Å². The molecule has 0 unspecified atom stereocenters. The minimum atomic E-state index is 0. The predicted octanol–water partition coefficient (Wildman–Crippen LogP) is -9.48. The molecule has 0 spiro atoms. The van der Waals surface area contributed by atoms with E-state index >= 15 is 0 Å². The first-order valence-corrected chi connectivity index (χ1v) is 0. The summed E-state index contributed by atoms with van der Waals surface area (Å²) in [4.78, 5) is 0.